The van der Waals surface area contributed by atoms with Crippen molar-refractivity contribution in [2.75, 3.05) is 0 Å². The lowest BCUT2D eigenvalue weighted by atomic mass is 9.86. The summed E-state index contributed by atoms with van der Waals surface area (Å²) in [6.45, 7) is 4.15. The fraction of sp³-hybridized carbons (Fsp3) is 0.238. The van der Waals surface area contributed by atoms with Gasteiger partial charge in [-0.25, -0.2) is 9.78 Å². The van der Waals surface area contributed by atoms with E-state index in [2.05, 4.69) is 4.98 Å². The predicted octanol–water partition coefficient (Wildman–Crippen LogP) is 3.54. The van der Waals surface area contributed by atoms with Gasteiger partial charge in [0, 0.05) is 42.2 Å². The Kier molecular flexibility index (Phi) is 5.19. The van der Waals surface area contributed by atoms with Gasteiger partial charge in [0.05, 0.1) is 0 Å². The SMILES string of the molecule is CC(C)(Cn1cccc1)C(O)C(=O)Oc1ccc(-c2ccccc2)cn1. The summed E-state index contributed by atoms with van der Waals surface area (Å²) in [5.74, 6) is -0.535. The van der Waals surface area contributed by atoms with Gasteiger partial charge in [0.2, 0.25) is 5.88 Å². The lowest BCUT2D eigenvalue weighted by Gasteiger charge is -2.29. The number of esters is 1. The predicted molar refractivity (Wildman–Crippen MR) is 99.5 cm³/mol. The molecule has 5 heteroatoms. The van der Waals surface area contributed by atoms with Crippen molar-refractivity contribution in [3.05, 3.63) is 73.2 Å². The second-order valence-electron chi connectivity index (χ2n) is 6.92. The van der Waals surface area contributed by atoms with E-state index in [4.69, 9.17) is 4.74 Å². The summed E-state index contributed by atoms with van der Waals surface area (Å²) < 4.78 is 7.18. The highest BCUT2D eigenvalue weighted by atomic mass is 16.6. The van der Waals surface area contributed by atoms with Crippen LogP contribution in [0.4, 0.5) is 0 Å². The fourth-order valence-corrected chi connectivity index (χ4v) is 2.75. The van der Waals surface area contributed by atoms with E-state index in [1.54, 1.807) is 12.3 Å². The summed E-state index contributed by atoms with van der Waals surface area (Å²) in [4.78, 5) is 16.5. The minimum atomic E-state index is -1.26. The first-order chi connectivity index (χ1) is 12.5. The Hall–Kier alpha value is -2.92. The van der Waals surface area contributed by atoms with Crippen LogP contribution in [0.3, 0.4) is 0 Å². The van der Waals surface area contributed by atoms with Crippen molar-refractivity contribution in [1.82, 2.24) is 9.55 Å². The number of ether oxygens (including phenoxy) is 1. The first kappa shape index (κ1) is 17.9. The van der Waals surface area contributed by atoms with Crippen LogP contribution in [0.1, 0.15) is 13.8 Å². The Labute approximate surface area is 152 Å². The third kappa shape index (κ3) is 4.18. The van der Waals surface area contributed by atoms with E-state index in [0.717, 1.165) is 11.1 Å². The molecular formula is C21H22N2O3. The molecule has 5 nitrogen and oxygen atoms in total. The molecule has 0 fully saturated rings. The molecule has 1 aromatic carbocycles. The Balaban J connectivity index is 1.65. The maximum absolute atomic E-state index is 12.3. The quantitative estimate of drug-likeness (QED) is 0.691. The van der Waals surface area contributed by atoms with Crippen molar-refractivity contribution in [1.29, 1.82) is 0 Å². The maximum atomic E-state index is 12.3. The summed E-state index contributed by atoms with van der Waals surface area (Å²) >= 11 is 0. The van der Waals surface area contributed by atoms with E-state index >= 15 is 0 Å². The Morgan fingerprint density at radius 3 is 2.38 bits per heavy atom. The van der Waals surface area contributed by atoms with Crippen molar-refractivity contribution in [3.8, 4) is 17.0 Å². The third-order valence-corrected chi connectivity index (χ3v) is 4.27. The van der Waals surface area contributed by atoms with Crippen LogP contribution in [0.5, 0.6) is 5.88 Å². The molecule has 0 aliphatic carbocycles. The topological polar surface area (TPSA) is 64.4 Å². The third-order valence-electron chi connectivity index (χ3n) is 4.27. The number of benzene rings is 1. The lowest BCUT2D eigenvalue weighted by molar-refractivity contribution is -0.151. The number of carbonyl (C=O) groups is 1. The van der Waals surface area contributed by atoms with Gasteiger partial charge in [-0.05, 0) is 23.8 Å². The highest BCUT2D eigenvalue weighted by Gasteiger charge is 2.35. The number of aromatic nitrogens is 2. The molecule has 0 radical (unpaired) electrons. The first-order valence-corrected chi connectivity index (χ1v) is 8.48. The Morgan fingerprint density at radius 1 is 1.08 bits per heavy atom. The molecular weight excluding hydrogens is 328 g/mol. The molecule has 1 atom stereocenters. The zero-order chi connectivity index (χ0) is 18.6. The number of rotatable bonds is 6. The molecule has 1 N–H and O–H groups in total. The summed E-state index contributed by atoms with van der Waals surface area (Å²) in [6.07, 6.45) is 4.17. The van der Waals surface area contributed by atoms with Gasteiger partial charge in [-0.3, -0.25) is 0 Å². The smallest absolute Gasteiger partial charge is 0.342 e. The standard InChI is InChI=1S/C21H22N2O3/c1-21(2,15-23-12-6-7-13-23)19(24)20(25)26-18-11-10-17(14-22-18)16-8-4-3-5-9-16/h3-14,19,24H,15H2,1-2H3. The maximum Gasteiger partial charge on any atom is 0.342 e. The van der Waals surface area contributed by atoms with Crippen molar-refractivity contribution in [2.24, 2.45) is 5.41 Å². The van der Waals surface area contributed by atoms with Gasteiger partial charge >= 0.3 is 5.97 Å². The Morgan fingerprint density at radius 2 is 1.77 bits per heavy atom. The largest absolute Gasteiger partial charge is 0.406 e. The molecule has 0 saturated heterocycles. The molecule has 134 valence electrons. The average molecular weight is 350 g/mol. The second-order valence-corrected chi connectivity index (χ2v) is 6.92. The van der Waals surface area contributed by atoms with E-state index in [9.17, 15) is 9.90 Å². The summed E-state index contributed by atoms with van der Waals surface area (Å²) in [5.41, 5.74) is 1.28. The molecule has 2 heterocycles. The van der Waals surface area contributed by atoms with Crippen molar-refractivity contribution in [3.63, 3.8) is 0 Å². The first-order valence-electron chi connectivity index (χ1n) is 8.48. The fourth-order valence-electron chi connectivity index (χ4n) is 2.75. The summed E-state index contributed by atoms with van der Waals surface area (Å²) in [7, 11) is 0. The van der Waals surface area contributed by atoms with Crippen molar-refractivity contribution >= 4 is 5.97 Å². The van der Waals surface area contributed by atoms with Crippen LogP contribution in [0.25, 0.3) is 11.1 Å². The number of aliphatic hydroxyl groups is 1. The monoisotopic (exact) mass is 350 g/mol. The normalized spacial score (nSPS) is 12.6. The molecule has 0 spiro atoms. The second kappa shape index (κ2) is 7.54. The Bertz CT molecular complexity index is 841. The molecule has 2 aromatic heterocycles. The number of aliphatic hydroxyl groups excluding tert-OH is 1. The lowest BCUT2D eigenvalue weighted by Crippen LogP contribution is -2.41. The number of carbonyl (C=O) groups excluding carboxylic acids is 1. The highest BCUT2D eigenvalue weighted by Crippen LogP contribution is 2.25. The molecule has 0 aliphatic rings. The van der Waals surface area contributed by atoms with Gasteiger partial charge in [0.15, 0.2) is 6.10 Å². The van der Waals surface area contributed by atoms with Crippen LogP contribution < -0.4 is 4.74 Å². The number of hydrogen-bond donors (Lipinski definition) is 1. The van der Waals surface area contributed by atoms with E-state index < -0.39 is 17.5 Å². The van der Waals surface area contributed by atoms with E-state index in [1.165, 1.54) is 0 Å². The average Bonchev–Trinajstić information content (AvgIpc) is 3.14. The zero-order valence-electron chi connectivity index (χ0n) is 14.9. The van der Waals surface area contributed by atoms with Crippen LogP contribution in [0, 0.1) is 5.41 Å². The van der Waals surface area contributed by atoms with Gasteiger partial charge in [-0.1, -0.05) is 44.2 Å². The molecule has 26 heavy (non-hydrogen) atoms. The van der Waals surface area contributed by atoms with Crippen LogP contribution in [-0.2, 0) is 11.3 Å². The minimum absolute atomic E-state index is 0.172. The van der Waals surface area contributed by atoms with Crippen LogP contribution in [0.15, 0.2) is 73.2 Å². The van der Waals surface area contributed by atoms with E-state index in [-0.39, 0.29) is 5.88 Å². The molecule has 3 aromatic rings. The summed E-state index contributed by atoms with van der Waals surface area (Å²) in [6, 6.07) is 17.1. The zero-order valence-corrected chi connectivity index (χ0v) is 14.9. The molecule has 1 unspecified atom stereocenters. The van der Waals surface area contributed by atoms with E-state index in [0.29, 0.717) is 6.54 Å². The van der Waals surface area contributed by atoms with Gasteiger partial charge in [0.1, 0.15) is 0 Å². The minimum Gasteiger partial charge on any atom is -0.406 e. The molecule has 0 amide bonds. The molecule has 0 aliphatic heterocycles. The number of hydrogen-bond acceptors (Lipinski definition) is 4. The van der Waals surface area contributed by atoms with Crippen molar-refractivity contribution in [2.45, 2.75) is 26.5 Å². The van der Waals surface area contributed by atoms with E-state index in [1.807, 2.05) is 79.3 Å². The van der Waals surface area contributed by atoms with Gasteiger partial charge in [0.25, 0.3) is 0 Å². The van der Waals surface area contributed by atoms with Gasteiger partial charge in [-0.2, -0.15) is 0 Å². The van der Waals surface area contributed by atoms with Gasteiger partial charge in [-0.15, -0.1) is 0 Å². The summed E-state index contributed by atoms with van der Waals surface area (Å²) in [5, 5.41) is 10.4. The van der Waals surface area contributed by atoms with Crippen LogP contribution in [-0.4, -0.2) is 26.7 Å². The number of pyridine rings is 1. The number of nitrogens with zero attached hydrogens (tertiary/aromatic N) is 2. The van der Waals surface area contributed by atoms with Crippen molar-refractivity contribution < 1.29 is 14.6 Å². The molecule has 3 rings (SSSR count). The van der Waals surface area contributed by atoms with Crippen LogP contribution in [0.2, 0.25) is 0 Å². The molecule has 0 saturated carbocycles. The highest BCUT2D eigenvalue weighted by molar-refractivity contribution is 5.77. The molecule has 0 bridgehead atoms. The van der Waals surface area contributed by atoms with Gasteiger partial charge < -0.3 is 14.4 Å². The van der Waals surface area contributed by atoms with Crippen LogP contribution >= 0.6 is 0 Å².